The maximum Gasteiger partial charge on any atom is 0.343 e. The highest BCUT2D eigenvalue weighted by Gasteiger charge is 2.56. The van der Waals surface area contributed by atoms with Gasteiger partial charge < -0.3 is 75.8 Å². The Morgan fingerprint density at radius 1 is 0.407 bits per heavy atom. The standard InChI is InChI=1S/C64H62O27/c1-32(65)76-30-51-54(78-34(3)67)56(80-36(5)69)58(82-38(7)71)63(90-51)88-48-28-44(84-60(73)40-18-12-9-13-19-40)27-47-45(48)29-50(89-64-59(83-39(8)72)57(81-37(6)70)55(79-35(4)68)52(91-64)31-77-33(2)66)53(85-47)43-24-25-46(86-61(74)41-20-14-10-15-21-41)49(26-43)87-62(75)42-22-16-11-17-23-42/h9-28,50-59,63-64H,29-31H2,1-8H3/t50-,51+,52+,53+,54+,55+,56-,57-,58+,59+,63+,64+/m0/s1. The molecule has 27 nitrogen and oxygen atoms in total. The van der Waals surface area contributed by atoms with Crippen molar-refractivity contribution in [2.45, 2.75) is 135 Å². The van der Waals surface area contributed by atoms with E-state index in [0.717, 1.165) is 55.4 Å². The fraction of sp³-hybridized carbons (Fsp3) is 0.359. The number of carbonyl (C=O) groups is 11. The first-order chi connectivity index (χ1) is 43.4. The summed E-state index contributed by atoms with van der Waals surface area (Å²) >= 11 is 0. The number of rotatable bonds is 21. The number of hydrogen-bond acceptors (Lipinski definition) is 27. The maximum atomic E-state index is 14.0. The van der Waals surface area contributed by atoms with E-state index in [1.165, 1.54) is 66.7 Å². The minimum Gasteiger partial charge on any atom is -0.482 e. The van der Waals surface area contributed by atoms with Gasteiger partial charge in [0.15, 0.2) is 54.4 Å². The molecule has 0 bridgehead atoms. The minimum absolute atomic E-state index is 0.00314. The highest BCUT2D eigenvalue weighted by Crippen LogP contribution is 2.47. The highest BCUT2D eigenvalue weighted by atomic mass is 16.8. The van der Waals surface area contributed by atoms with E-state index in [1.54, 1.807) is 54.6 Å². The number of hydrogen-bond donors (Lipinski definition) is 0. The average Bonchev–Trinajstić information content (AvgIpc) is 0.787. The Labute approximate surface area is 519 Å². The largest absolute Gasteiger partial charge is 0.482 e. The SMILES string of the molecule is CC(=O)OC[C@H]1O[C@@H](Oc2cc(OC(=O)c3ccccc3)cc3c2C[C@H](O[C@@H]2O[C@H](COC(C)=O)[C@@H](OC(C)=O)[C@H](OC(C)=O)[C@H]2OC(C)=O)[C@@H](c2ccc(OC(=O)c4ccccc4)c(OC(=O)c4ccccc4)c2)O3)[C@H](OC(C)=O)[C@@H](OC(C)=O)[C@@H]1OC(C)=O. The number of carbonyl (C=O) groups excluding carboxylic acids is 11. The molecule has 0 saturated carbocycles. The Morgan fingerprint density at radius 3 is 1.26 bits per heavy atom. The van der Waals surface area contributed by atoms with Crippen LogP contribution in [0.1, 0.15) is 104 Å². The molecule has 2 saturated heterocycles. The molecule has 0 aliphatic carbocycles. The minimum atomic E-state index is -1.92. The van der Waals surface area contributed by atoms with Gasteiger partial charge in [-0.25, -0.2) is 14.4 Å². The van der Waals surface area contributed by atoms with Gasteiger partial charge in [-0.3, -0.25) is 38.4 Å². The van der Waals surface area contributed by atoms with E-state index in [9.17, 15) is 52.7 Å². The quantitative estimate of drug-likeness (QED) is 0.0465. The molecule has 0 N–H and O–H groups in total. The van der Waals surface area contributed by atoms with Gasteiger partial charge in [-0.1, -0.05) is 60.7 Å². The zero-order valence-electron chi connectivity index (χ0n) is 50.1. The normalized spacial score (nSPS) is 23.1. The van der Waals surface area contributed by atoms with Crippen molar-refractivity contribution in [1.82, 2.24) is 0 Å². The Bertz CT molecular complexity index is 3520. The molecule has 0 aromatic heterocycles. The van der Waals surface area contributed by atoms with Crippen LogP contribution in [0.15, 0.2) is 121 Å². The van der Waals surface area contributed by atoms with Gasteiger partial charge in [0.25, 0.3) is 0 Å². The molecular weight excluding hydrogens is 1200 g/mol. The molecule has 0 unspecified atom stereocenters. The third kappa shape index (κ3) is 17.8. The van der Waals surface area contributed by atoms with Crippen molar-refractivity contribution >= 4 is 65.7 Å². The van der Waals surface area contributed by atoms with Crippen LogP contribution in [-0.2, 0) is 96.9 Å². The maximum absolute atomic E-state index is 14.0. The summed E-state index contributed by atoms with van der Waals surface area (Å²) in [6.45, 7) is 6.97. The molecule has 2 fully saturated rings. The number of fused-ring (bicyclic) bond motifs is 1. The summed E-state index contributed by atoms with van der Waals surface area (Å²) in [5, 5.41) is 0. The Kier molecular flexibility index (Phi) is 22.2. The van der Waals surface area contributed by atoms with E-state index in [0.29, 0.717) is 0 Å². The number of esters is 11. The van der Waals surface area contributed by atoms with Crippen molar-refractivity contribution in [3.05, 3.63) is 149 Å². The van der Waals surface area contributed by atoms with Gasteiger partial charge in [-0.2, -0.15) is 0 Å². The lowest BCUT2D eigenvalue weighted by molar-refractivity contribution is -0.322. The van der Waals surface area contributed by atoms with Gasteiger partial charge >= 0.3 is 65.7 Å². The number of benzene rings is 5. The molecule has 27 heteroatoms. The van der Waals surface area contributed by atoms with Crippen LogP contribution in [0.25, 0.3) is 0 Å². The second-order valence-corrected chi connectivity index (χ2v) is 20.5. The molecule has 3 aliphatic heterocycles. The van der Waals surface area contributed by atoms with Gasteiger partial charge in [0.2, 0.25) is 12.4 Å². The highest BCUT2D eigenvalue weighted by molar-refractivity contribution is 5.93. The molecule has 480 valence electrons. The van der Waals surface area contributed by atoms with E-state index < -0.39 is 159 Å². The van der Waals surface area contributed by atoms with Crippen LogP contribution >= 0.6 is 0 Å². The monoisotopic (exact) mass is 1260 g/mol. The Morgan fingerprint density at radius 2 is 0.813 bits per heavy atom. The van der Waals surface area contributed by atoms with Crippen LogP contribution < -0.4 is 23.7 Å². The first kappa shape index (κ1) is 66.7. The van der Waals surface area contributed by atoms with Crippen molar-refractivity contribution in [3.63, 3.8) is 0 Å². The fourth-order valence-electron chi connectivity index (χ4n) is 9.94. The van der Waals surface area contributed by atoms with E-state index in [4.69, 9.17) is 75.8 Å². The van der Waals surface area contributed by atoms with Crippen molar-refractivity contribution in [3.8, 4) is 28.7 Å². The molecule has 0 spiro atoms. The predicted molar refractivity (Wildman–Crippen MR) is 304 cm³/mol. The van der Waals surface area contributed by atoms with Gasteiger partial charge in [-0.05, 0) is 54.1 Å². The van der Waals surface area contributed by atoms with E-state index >= 15 is 0 Å². The predicted octanol–water partition coefficient (Wildman–Crippen LogP) is 5.95. The smallest absolute Gasteiger partial charge is 0.343 e. The van der Waals surface area contributed by atoms with Crippen LogP contribution in [0.5, 0.6) is 28.7 Å². The first-order valence-electron chi connectivity index (χ1n) is 28.1. The molecule has 12 atom stereocenters. The molecule has 3 heterocycles. The van der Waals surface area contributed by atoms with Crippen LogP contribution in [0.3, 0.4) is 0 Å². The Balaban J connectivity index is 1.34. The second-order valence-electron chi connectivity index (χ2n) is 20.5. The van der Waals surface area contributed by atoms with Gasteiger partial charge in [0.05, 0.1) is 16.7 Å². The number of ether oxygens (including phenoxy) is 16. The fourth-order valence-corrected chi connectivity index (χ4v) is 9.94. The van der Waals surface area contributed by atoms with Crippen LogP contribution in [-0.4, -0.2) is 146 Å². The summed E-state index contributed by atoms with van der Waals surface area (Å²) in [5.74, 6) is -11.3. The second kappa shape index (κ2) is 30.3. The summed E-state index contributed by atoms with van der Waals surface area (Å²) < 4.78 is 95.7. The lowest BCUT2D eigenvalue weighted by Gasteiger charge is -2.46. The average molecular weight is 1260 g/mol. The third-order valence-electron chi connectivity index (χ3n) is 13.5. The third-order valence-corrected chi connectivity index (χ3v) is 13.5. The molecule has 3 aliphatic rings. The lowest BCUT2D eigenvalue weighted by atomic mass is 9.92. The molecule has 0 amide bonds. The summed E-state index contributed by atoms with van der Waals surface area (Å²) in [6, 6.07) is 30.0. The van der Waals surface area contributed by atoms with Crippen molar-refractivity contribution in [2.75, 3.05) is 13.2 Å². The van der Waals surface area contributed by atoms with Crippen molar-refractivity contribution in [1.29, 1.82) is 0 Å². The van der Waals surface area contributed by atoms with Gasteiger partial charge in [-0.15, -0.1) is 0 Å². The van der Waals surface area contributed by atoms with E-state index in [-0.39, 0.29) is 56.6 Å². The van der Waals surface area contributed by atoms with Crippen LogP contribution in [0.4, 0.5) is 0 Å². The summed E-state index contributed by atoms with van der Waals surface area (Å²) in [5.41, 5.74) is 0.379. The van der Waals surface area contributed by atoms with Crippen molar-refractivity contribution < 1.29 is 129 Å². The van der Waals surface area contributed by atoms with Crippen LogP contribution in [0, 0.1) is 0 Å². The van der Waals surface area contributed by atoms with Crippen LogP contribution in [0.2, 0.25) is 0 Å². The van der Waals surface area contributed by atoms with E-state index in [2.05, 4.69) is 0 Å². The van der Waals surface area contributed by atoms with Crippen molar-refractivity contribution in [2.24, 2.45) is 0 Å². The molecular formula is C64H62O27. The molecule has 8 rings (SSSR count). The van der Waals surface area contributed by atoms with Gasteiger partial charge in [0.1, 0.15) is 48.8 Å². The Hall–Kier alpha value is -10.2. The lowest BCUT2D eigenvalue weighted by Crippen LogP contribution is -2.63. The van der Waals surface area contributed by atoms with E-state index in [1.807, 2.05) is 0 Å². The molecule has 91 heavy (non-hydrogen) atoms. The summed E-state index contributed by atoms with van der Waals surface area (Å²) in [6.07, 6.45) is -20.8. The van der Waals surface area contributed by atoms with Gasteiger partial charge in [0, 0.05) is 79.5 Å². The zero-order valence-corrected chi connectivity index (χ0v) is 50.1. The summed E-state index contributed by atoms with van der Waals surface area (Å²) in [7, 11) is 0. The molecule has 0 radical (unpaired) electrons. The topological polar surface area (TPSA) is 335 Å². The molecule has 5 aromatic rings. The summed E-state index contributed by atoms with van der Waals surface area (Å²) in [4.78, 5) is 144. The molecule has 5 aromatic carbocycles. The first-order valence-corrected chi connectivity index (χ1v) is 28.1. The zero-order chi connectivity index (χ0) is 65.6.